The Hall–Kier alpha value is -3.46. The average Bonchev–Trinajstić information content (AvgIpc) is 3.24. The summed E-state index contributed by atoms with van der Waals surface area (Å²) in [5, 5.41) is 0.598. The molecule has 33 heavy (non-hydrogen) atoms. The Kier molecular flexibility index (Phi) is 6.88. The number of aromatic nitrogens is 1. The number of ether oxygens (including phenoxy) is 2. The molecule has 1 aliphatic heterocycles. The number of amides is 1. The second-order valence-electron chi connectivity index (χ2n) is 7.58. The van der Waals surface area contributed by atoms with Crippen LogP contribution in [0, 0.1) is 12.7 Å². The summed E-state index contributed by atoms with van der Waals surface area (Å²) in [7, 11) is 1.63. The largest absolute Gasteiger partial charge is 0.497 e. The summed E-state index contributed by atoms with van der Waals surface area (Å²) >= 11 is 1.17. The van der Waals surface area contributed by atoms with Crippen LogP contribution in [-0.4, -0.2) is 61.7 Å². The normalized spacial score (nSPS) is 13.7. The van der Waals surface area contributed by atoms with Crippen molar-refractivity contribution in [1.82, 2.24) is 9.88 Å². The predicted octanol–water partition coefficient (Wildman–Crippen LogP) is 3.77. The van der Waals surface area contributed by atoms with Crippen molar-refractivity contribution in [3.63, 3.8) is 0 Å². The number of nitrogens with zero attached hydrogens (tertiary/aromatic N) is 3. The first-order chi connectivity index (χ1) is 15.9. The van der Waals surface area contributed by atoms with Gasteiger partial charge < -0.3 is 19.3 Å². The van der Waals surface area contributed by atoms with Gasteiger partial charge in [-0.1, -0.05) is 0 Å². The molecule has 0 atom stereocenters. The summed E-state index contributed by atoms with van der Waals surface area (Å²) < 4.78 is 23.6. The molecule has 0 spiro atoms. The molecule has 0 unspecified atom stereocenters. The lowest BCUT2D eigenvalue weighted by molar-refractivity contribution is -0.134. The van der Waals surface area contributed by atoms with Gasteiger partial charge in [0.05, 0.1) is 12.8 Å². The molecule has 2 heterocycles. The molecule has 4 rings (SSSR count). The van der Waals surface area contributed by atoms with Gasteiger partial charge in [0.2, 0.25) is 0 Å². The van der Waals surface area contributed by atoms with Gasteiger partial charge in [0.1, 0.15) is 21.5 Å². The maximum Gasteiger partial charge on any atom is 0.350 e. The van der Waals surface area contributed by atoms with Crippen molar-refractivity contribution < 1.29 is 23.5 Å². The first-order valence-corrected chi connectivity index (χ1v) is 11.3. The monoisotopic (exact) mass is 469 g/mol. The first-order valence-electron chi connectivity index (χ1n) is 10.5. The van der Waals surface area contributed by atoms with Gasteiger partial charge >= 0.3 is 5.97 Å². The van der Waals surface area contributed by atoms with Gasteiger partial charge in [0, 0.05) is 37.4 Å². The summed E-state index contributed by atoms with van der Waals surface area (Å²) in [6.07, 6.45) is 0. The topological polar surface area (TPSA) is 72.0 Å². The van der Waals surface area contributed by atoms with E-state index >= 15 is 0 Å². The van der Waals surface area contributed by atoms with Crippen molar-refractivity contribution in [2.75, 3.05) is 44.8 Å². The maximum absolute atomic E-state index is 13.1. The molecule has 1 amide bonds. The smallest absolute Gasteiger partial charge is 0.350 e. The minimum Gasteiger partial charge on any atom is -0.497 e. The van der Waals surface area contributed by atoms with Crippen LogP contribution in [0.1, 0.15) is 15.4 Å². The van der Waals surface area contributed by atoms with E-state index in [0.717, 1.165) is 11.4 Å². The van der Waals surface area contributed by atoms with E-state index in [2.05, 4.69) is 9.88 Å². The second kappa shape index (κ2) is 9.99. The minimum atomic E-state index is -0.580. The highest BCUT2D eigenvalue weighted by atomic mass is 32.1. The van der Waals surface area contributed by atoms with Gasteiger partial charge in [-0.3, -0.25) is 4.79 Å². The summed E-state index contributed by atoms with van der Waals surface area (Å²) in [5.74, 6) is -0.340. The van der Waals surface area contributed by atoms with E-state index in [9.17, 15) is 14.0 Å². The number of benzene rings is 2. The molecule has 2 aromatic carbocycles. The molecule has 7 nitrogen and oxygen atoms in total. The number of hydrogen-bond donors (Lipinski definition) is 0. The Balaban J connectivity index is 1.29. The van der Waals surface area contributed by atoms with Gasteiger partial charge in [0.25, 0.3) is 5.91 Å². The molecule has 3 aromatic rings. The summed E-state index contributed by atoms with van der Waals surface area (Å²) in [5.41, 5.74) is 2.31. The SMILES string of the molecule is COc1ccc(N2CCN(C(=O)COC(=O)c3sc(-c4ccc(F)cc4)nc3C)CC2)cc1. The molecule has 0 saturated carbocycles. The van der Waals surface area contributed by atoms with E-state index in [-0.39, 0.29) is 18.3 Å². The molecular weight excluding hydrogens is 445 g/mol. The Morgan fingerprint density at radius 2 is 1.70 bits per heavy atom. The van der Waals surface area contributed by atoms with Gasteiger partial charge in [-0.2, -0.15) is 0 Å². The van der Waals surface area contributed by atoms with Gasteiger partial charge in [0.15, 0.2) is 6.61 Å². The Morgan fingerprint density at radius 1 is 1.03 bits per heavy atom. The number of piperazine rings is 1. The lowest BCUT2D eigenvalue weighted by Gasteiger charge is -2.36. The van der Waals surface area contributed by atoms with E-state index in [1.807, 2.05) is 24.3 Å². The molecule has 0 N–H and O–H groups in total. The maximum atomic E-state index is 13.1. The van der Waals surface area contributed by atoms with E-state index in [1.54, 1.807) is 31.1 Å². The number of carbonyl (C=O) groups excluding carboxylic acids is 2. The van der Waals surface area contributed by atoms with Crippen LogP contribution in [0.4, 0.5) is 10.1 Å². The zero-order chi connectivity index (χ0) is 23.4. The third-order valence-electron chi connectivity index (χ3n) is 5.47. The highest BCUT2D eigenvalue weighted by Gasteiger charge is 2.24. The lowest BCUT2D eigenvalue weighted by Crippen LogP contribution is -2.49. The fourth-order valence-electron chi connectivity index (χ4n) is 3.59. The quantitative estimate of drug-likeness (QED) is 0.512. The third kappa shape index (κ3) is 5.31. The Labute approximate surface area is 195 Å². The summed E-state index contributed by atoms with van der Waals surface area (Å²) in [6.45, 7) is 3.89. The molecule has 1 aliphatic rings. The number of halogens is 1. The van der Waals surface area contributed by atoms with Crippen molar-refractivity contribution in [2.24, 2.45) is 0 Å². The van der Waals surface area contributed by atoms with E-state index in [1.165, 1.54) is 23.5 Å². The number of rotatable bonds is 6. The number of aryl methyl sites for hydroxylation is 1. The summed E-state index contributed by atoms with van der Waals surface area (Å²) in [6, 6.07) is 13.7. The number of methoxy groups -OCH3 is 1. The third-order valence-corrected chi connectivity index (χ3v) is 6.66. The van der Waals surface area contributed by atoms with Crippen LogP contribution in [0.3, 0.4) is 0 Å². The minimum absolute atomic E-state index is 0.223. The fourth-order valence-corrected chi connectivity index (χ4v) is 4.56. The fraction of sp³-hybridized carbons (Fsp3) is 0.292. The van der Waals surface area contributed by atoms with Crippen molar-refractivity contribution in [1.29, 1.82) is 0 Å². The van der Waals surface area contributed by atoms with Crippen molar-refractivity contribution in [2.45, 2.75) is 6.92 Å². The van der Waals surface area contributed by atoms with Crippen LogP contribution < -0.4 is 9.64 Å². The highest BCUT2D eigenvalue weighted by Crippen LogP contribution is 2.28. The molecule has 172 valence electrons. The van der Waals surface area contributed by atoms with Crippen LogP contribution in [0.25, 0.3) is 10.6 Å². The predicted molar refractivity (Wildman–Crippen MR) is 124 cm³/mol. The van der Waals surface area contributed by atoms with Gasteiger partial charge in [-0.05, 0) is 55.5 Å². The lowest BCUT2D eigenvalue weighted by atomic mass is 10.2. The number of carbonyl (C=O) groups is 2. The second-order valence-corrected chi connectivity index (χ2v) is 8.58. The van der Waals surface area contributed by atoms with Crippen LogP contribution >= 0.6 is 11.3 Å². The van der Waals surface area contributed by atoms with Gasteiger partial charge in [-0.15, -0.1) is 11.3 Å². The van der Waals surface area contributed by atoms with Crippen LogP contribution in [-0.2, 0) is 9.53 Å². The number of esters is 1. The zero-order valence-electron chi connectivity index (χ0n) is 18.4. The number of thiazole rings is 1. The van der Waals surface area contributed by atoms with Crippen molar-refractivity contribution in [3.05, 3.63) is 64.9 Å². The van der Waals surface area contributed by atoms with Crippen molar-refractivity contribution in [3.8, 4) is 16.3 Å². The van der Waals surface area contributed by atoms with Crippen LogP contribution in [0.15, 0.2) is 48.5 Å². The van der Waals surface area contributed by atoms with E-state index < -0.39 is 5.97 Å². The van der Waals surface area contributed by atoms with E-state index in [4.69, 9.17) is 9.47 Å². The summed E-state index contributed by atoms with van der Waals surface area (Å²) in [4.78, 5) is 33.7. The molecule has 9 heteroatoms. The van der Waals surface area contributed by atoms with E-state index in [0.29, 0.717) is 47.3 Å². The Morgan fingerprint density at radius 3 is 2.33 bits per heavy atom. The molecule has 1 aromatic heterocycles. The first kappa shape index (κ1) is 22.7. The molecular formula is C24H24FN3O4S. The van der Waals surface area contributed by atoms with Crippen molar-refractivity contribution >= 4 is 28.9 Å². The molecule has 0 bridgehead atoms. The zero-order valence-corrected chi connectivity index (χ0v) is 19.2. The molecule has 1 fully saturated rings. The van der Waals surface area contributed by atoms with Crippen LogP contribution in [0.5, 0.6) is 5.75 Å². The molecule has 0 aliphatic carbocycles. The van der Waals surface area contributed by atoms with Crippen LogP contribution in [0.2, 0.25) is 0 Å². The number of anilines is 1. The highest BCUT2D eigenvalue weighted by molar-refractivity contribution is 7.17. The standard InChI is InChI=1S/C24H24FN3O4S/c1-16-22(33-23(26-16)17-3-5-18(25)6-4-17)24(30)32-15-21(29)28-13-11-27(12-14-28)19-7-9-20(31-2)10-8-19/h3-10H,11-15H2,1-2H3. The number of hydrogen-bond acceptors (Lipinski definition) is 7. The van der Waals surface area contributed by atoms with Gasteiger partial charge in [-0.25, -0.2) is 14.2 Å². The molecule has 0 radical (unpaired) electrons. The molecule has 1 saturated heterocycles. The average molecular weight is 470 g/mol. The Bertz CT molecular complexity index is 1120.